The number of pyridine rings is 1. The van der Waals surface area contributed by atoms with E-state index in [1.54, 1.807) is 0 Å². The normalized spacial score (nSPS) is 22.3. The van der Waals surface area contributed by atoms with Crippen LogP contribution in [0.3, 0.4) is 0 Å². The van der Waals surface area contributed by atoms with E-state index in [0.29, 0.717) is 6.04 Å². The summed E-state index contributed by atoms with van der Waals surface area (Å²) < 4.78 is 0. The van der Waals surface area contributed by atoms with Gasteiger partial charge in [-0.25, -0.2) is 0 Å². The van der Waals surface area contributed by atoms with Crippen LogP contribution in [-0.2, 0) is 6.54 Å². The van der Waals surface area contributed by atoms with Gasteiger partial charge in [-0.1, -0.05) is 6.92 Å². The molecule has 0 aromatic carbocycles. The van der Waals surface area contributed by atoms with Crippen LogP contribution in [0.2, 0.25) is 0 Å². The number of nitrogens with one attached hydrogen (secondary N) is 1. The van der Waals surface area contributed by atoms with Crippen molar-refractivity contribution in [2.75, 3.05) is 19.6 Å². The summed E-state index contributed by atoms with van der Waals surface area (Å²) in [5, 5.41) is 3.67. The predicted octanol–water partition coefficient (Wildman–Crippen LogP) is 2.05. The topological polar surface area (TPSA) is 28.2 Å². The number of aromatic nitrogens is 1. The smallest absolute Gasteiger partial charge is 0.0271 e. The first-order valence-corrected chi connectivity index (χ1v) is 6.73. The van der Waals surface area contributed by atoms with Crippen molar-refractivity contribution in [2.45, 2.75) is 38.8 Å². The molecule has 1 N–H and O–H groups in total. The molecule has 1 aromatic heterocycles. The quantitative estimate of drug-likeness (QED) is 0.862. The lowest BCUT2D eigenvalue weighted by Crippen LogP contribution is -2.30. The second-order valence-electron chi connectivity index (χ2n) is 4.80. The number of hydrogen-bond acceptors (Lipinski definition) is 3. The van der Waals surface area contributed by atoms with Gasteiger partial charge in [-0.15, -0.1) is 0 Å². The van der Waals surface area contributed by atoms with Gasteiger partial charge in [0, 0.05) is 25.0 Å². The number of rotatable bonds is 4. The second-order valence-corrected chi connectivity index (χ2v) is 4.80. The minimum Gasteiger partial charge on any atom is -0.310 e. The van der Waals surface area contributed by atoms with E-state index in [0.717, 1.165) is 6.54 Å². The maximum Gasteiger partial charge on any atom is 0.0271 e. The summed E-state index contributed by atoms with van der Waals surface area (Å²) in [7, 11) is 0. The first-order chi connectivity index (χ1) is 8.38. The molecule has 1 unspecified atom stereocenters. The fourth-order valence-electron chi connectivity index (χ4n) is 2.44. The molecule has 94 valence electrons. The molecular weight excluding hydrogens is 210 g/mol. The Kier molecular flexibility index (Phi) is 4.95. The molecular formula is C14H23N3. The summed E-state index contributed by atoms with van der Waals surface area (Å²) in [6.07, 6.45) is 7.63. The lowest BCUT2D eigenvalue weighted by molar-refractivity contribution is 0.297. The SMILES string of the molecule is CCN1CCCC(NCc2ccncc2)CC1. The Morgan fingerprint density at radius 3 is 2.88 bits per heavy atom. The van der Waals surface area contributed by atoms with Gasteiger partial charge in [0.05, 0.1) is 0 Å². The summed E-state index contributed by atoms with van der Waals surface area (Å²) in [6, 6.07) is 4.85. The predicted molar refractivity (Wildman–Crippen MR) is 70.8 cm³/mol. The first kappa shape index (κ1) is 12.5. The zero-order chi connectivity index (χ0) is 11.9. The van der Waals surface area contributed by atoms with Crippen LogP contribution >= 0.6 is 0 Å². The van der Waals surface area contributed by atoms with Gasteiger partial charge in [-0.3, -0.25) is 4.98 Å². The number of nitrogens with zero attached hydrogens (tertiary/aromatic N) is 2. The monoisotopic (exact) mass is 233 g/mol. The minimum atomic E-state index is 0.680. The van der Waals surface area contributed by atoms with Crippen LogP contribution in [0.25, 0.3) is 0 Å². The van der Waals surface area contributed by atoms with Crippen LogP contribution in [0.15, 0.2) is 24.5 Å². The highest BCUT2D eigenvalue weighted by molar-refractivity contribution is 5.09. The lowest BCUT2D eigenvalue weighted by atomic mass is 10.1. The van der Waals surface area contributed by atoms with Gasteiger partial charge in [0.2, 0.25) is 0 Å². The van der Waals surface area contributed by atoms with E-state index in [1.807, 2.05) is 12.4 Å². The van der Waals surface area contributed by atoms with E-state index in [2.05, 4.69) is 34.3 Å². The van der Waals surface area contributed by atoms with E-state index in [1.165, 1.54) is 44.5 Å². The molecule has 1 aliphatic heterocycles. The largest absolute Gasteiger partial charge is 0.310 e. The third kappa shape index (κ3) is 4.10. The molecule has 1 atom stereocenters. The Labute approximate surface area is 104 Å². The third-order valence-corrected chi connectivity index (χ3v) is 3.61. The van der Waals surface area contributed by atoms with Crippen molar-refractivity contribution in [3.8, 4) is 0 Å². The van der Waals surface area contributed by atoms with Crippen molar-refractivity contribution in [1.82, 2.24) is 15.2 Å². The molecule has 3 heteroatoms. The van der Waals surface area contributed by atoms with E-state index in [4.69, 9.17) is 0 Å². The fourth-order valence-corrected chi connectivity index (χ4v) is 2.44. The third-order valence-electron chi connectivity index (χ3n) is 3.61. The Balaban J connectivity index is 1.76. The average molecular weight is 233 g/mol. The molecule has 0 spiro atoms. The molecule has 17 heavy (non-hydrogen) atoms. The van der Waals surface area contributed by atoms with E-state index >= 15 is 0 Å². The zero-order valence-corrected chi connectivity index (χ0v) is 10.7. The maximum atomic E-state index is 4.04. The summed E-state index contributed by atoms with van der Waals surface area (Å²) in [4.78, 5) is 6.59. The maximum absolute atomic E-state index is 4.04. The molecule has 1 fully saturated rings. The van der Waals surface area contributed by atoms with Gasteiger partial charge in [-0.2, -0.15) is 0 Å². The highest BCUT2D eigenvalue weighted by Gasteiger charge is 2.15. The van der Waals surface area contributed by atoms with Gasteiger partial charge in [-0.05, 0) is 56.6 Å². The summed E-state index contributed by atoms with van der Waals surface area (Å²) >= 11 is 0. The molecule has 0 saturated carbocycles. The first-order valence-electron chi connectivity index (χ1n) is 6.73. The van der Waals surface area contributed by atoms with Crippen LogP contribution in [0.5, 0.6) is 0 Å². The van der Waals surface area contributed by atoms with Crippen molar-refractivity contribution < 1.29 is 0 Å². The lowest BCUT2D eigenvalue weighted by Gasteiger charge is -2.18. The fraction of sp³-hybridized carbons (Fsp3) is 0.643. The standard InChI is InChI=1S/C14H23N3/c1-2-17-10-3-4-14(7-11-17)16-12-13-5-8-15-9-6-13/h5-6,8-9,14,16H,2-4,7,10-12H2,1H3. The van der Waals surface area contributed by atoms with E-state index < -0.39 is 0 Å². The van der Waals surface area contributed by atoms with Crippen molar-refractivity contribution in [3.63, 3.8) is 0 Å². The average Bonchev–Trinajstić information content (AvgIpc) is 2.62. The van der Waals surface area contributed by atoms with Gasteiger partial charge >= 0.3 is 0 Å². The van der Waals surface area contributed by atoms with Crippen LogP contribution < -0.4 is 5.32 Å². The second kappa shape index (κ2) is 6.72. The van der Waals surface area contributed by atoms with Crippen molar-refractivity contribution in [1.29, 1.82) is 0 Å². The zero-order valence-electron chi connectivity index (χ0n) is 10.7. The van der Waals surface area contributed by atoms with Gasteiger partial charge in [0.15, 0.2) is 0 Å². The summed E-state index contributed by atoms with van der Waals surface area (Å²) in [5.74, 6) is 0. The molecule has 1 aromatic rings. The molecule has 1 aliphatic rings. The van der Waals surface area contributed by atoms with Gasteiger partial charge in [0.25, 0.3) is 0 Å². The number of hydrogen-bond donors (Lipinski definition) is 1. The van der Waals surface area contributed by atoms with Gasteiger partial charge in [0.1, 0.15) is 0 Å². The molecule has 2 heterocycles. The molecule has 0 radical (unpaired) electrons. The van der Waals surface area contributed by atoms with Crippen LogP contribution in [-0.4, -0.2) is 35.6 Å². The van der Waals surface area contributed by atoms with Crippen LogP contribution in [0.4, 0.5) is 0 Å². The Hall–Kier alpha value is -0.930. The highest BCUT2D eigenvalue weighted by Crippen LogP contribution is 2.11. The molecule has 3 nitrogen and oxygen atoms in total. The van der Waals surface area contributed by atoms with Crippen molar-refractivity contribution in [2.24, 2.45) is 0 Å². The minimum absolute atomic E-state index is 0.680. The highest BCUT2D eigenvalue weighted by atomic mass is 15.1. The Morgan fingerprint density at radius 2 is 2.12 bits per heavy atom. The molecule has 1 saturated heterocycles. The molecule has 0 bridgehead atoms. The van der Waals surface area contributed by atoms with Crippen LogP contribution in [0, 0.1) is 0 Å². The molecule has 0 aliphatic carbocycles. The molecule has 2 rings (SSSR count). The summed E-state index contributed by atoms with van der Waals surface area (Å²) in [5.41, 5.74) is 1.33. The van der Waals surface area contributed by atoms with E-state index in [9.17, 15) is 0 Å². The van der Waals surface area contributed by atoms with Gasteiger partial charge < -0.3 is 10.2 Å². The van der Waals surface area contributed by atoms with Crippen molar-refractivity contribution >= 4 is 0 Å². The Bertz CT molecular complexity index is 313. The Morgan fingerprint density at radius 1 is 1.29 bits per heavy atom. The number of likely N-dealkylation sites (tertiary alicyclic amines) is 1. The van der Waals surface area contributed by atoms with Crippen LogP contribution in [0.1, 0.15) is 31.7 Å². The van der Waals surface area contributed by atoms with E-state index in [-0.39, 0.29) is 0 Å². The summed E-state index contributed by atoms with van der Waals surface area (Å²) in [6.45, 7) is 6.93. The van der Waals surface area contributed by atoms with Crippen molar-refractivity contribution in [3.05, 3.63) is 30.1 Å². The molecule has 0 amide bonds.